The maximum Gasteiger partial charge on any atom is 0.253 e. The third-order valence-electron chi connectivity index (χ3n) is 4.42. The number of carbonyl (C=O) groups is 1. The molecular formula is C19H20ClNO2. The lowest BCUT2D eigenvalue weighted by Crippen LogP contribution is -2.41. The predicted molar refractivity (Wildman–Crippen MR) is 91.5 cm³/mol. The first-order valence-electron chi connectivity index (χ1n) is 7.93. The molecule has 0 bridgehead atoms. The fraction of sp³-hybridized carbons (Fsp3) is 0.316. The van der Waals surface area contributed by atoms with Gasteiger partial charge in [0.2, 0.25) is 0 Å². The van der Waals surface area contributed by atoms with Gasteiger partial charge in [-0.1, -0.05) is 41.9 Å². The molecular weight excluding hydrogens is 310 g/mol. The Hall–Kier alpha value is -1.84. The summed E-state index contributed by atoms with van der Waals surface area (Å²) in [7, 11) is 0. The van der Waals surface area contributed by atoms with Gasteiger partial charge in [0.15, 0.2) is 0 Å². The van der Waals surface area contributed by atoms with Crippen molar-refractivity contribution in [1.29, 1.82) is 0 Å². The quantitative estimate of drug-likeness (QED) is 0.927. The van der Waals surface area contributed by atoms with Crippen LogP contribution in [0.5, 0.6) is 0 Å². The van der Waals surface area contributed by atoms with E-state index in [1.807, 2.05) is 47.4 Å². The summed E-state index contributed by atoms with van der Waals surface area (Å²) in [6.07, 6.45) is 1.26. The number of amides is 1. The monoisotopic (exact) mass is 329 g/mol. The summed E-state index contributed by atoms with van der Waals surface area (Å²) in [5, 5.41) is 11.3. The summed E-state index contributed by atoms with van der Waals surface area (Å²) in [5.41, 5.74) is 1.56. The van der Waals surface area contributed by atoms with Crippen LogP contribution in [0, 0.1) is 5.92 Å². The van der Waals surface area contributed by atoms with E-state index in [4.69, 9.17) is 11.6 Å². The highest BCUT2D eigenvalue weighted by molar-refractivity contribution is 6.30. The molecule has 1 aliphatic heterocycles. The molecule has 120 valence electrons. The van der Waals surface area contributed by atoms with Gasteiger partial charge in [0.1, 0.15) is 0 Å². The molecule has 2 aromatic carbocycles. The predicted octanol–water partition coefficient (Wildman–Crippen LogP) is 3.93. The Kier molecular flexibility index (Phi) is 4.99. The van der Waals surface area contributed by atoms with Gasteiger partial charge < -0.3 is 10.0 Å². The molecule has 0 spiro atoms. The zero-order valence-corrected chi connectivity index (χ0v) is 13.6. The van der Waals surface area contributed by atoms with Gasteiger partial charge in [0.25, 0.3) is 5.91 Å². The molecule has 1 unspecified atom stereocenters. The molecule has 3 rings (SSSR count). The number of rotatable bonds is 3. The Morgan fingerprint density at radius 1 is 1.13 bits per heavy atom. The second kappa shape index (κ2) is 7.16. The lowest BCUT2D eigenvalue weighted by atomic mass is 9.88. The summed E-state index contributed by atoms with van der Waals surface area (Å²) < 4.78 is 0. The Morgan fingerprint density at radius 2 is 1.83 bits per heavy atom. The normalized spacial score (nSPS) is 19.4. The van der Waals surface area contributed by atoms with E-state index in [-0.39, 0.29) is 11.8 Å². The summed E-state index contributed by atoms with van der Waals surface area (Å²) in [5.74, 6) is 0.0937. The molecule has 1 amide bonds. The molecule has 23 heavy (non-hydrogen) atoms. The second-order valence-corrected chi connectivity index (χ2v) is 6.45. The number of nitrogens with zero attached hydrogens (tertiary/aromatic N) is 1. The van der Waals surface area contributed by atoms with Gasteiger partial charge >= 0.3 is 0 Å². The summed E-state index contributed by atoms with van der Waals surface area (Å²) in [4.78, 5) is 14.4. The molecule has 4 heteroatoms. The number of aliphatic hydroxyl groups excluding tert-OH is 1. The number of carbonyl (C=O) groups excluding carboxylic acids is 1. The van der Waals surface area contributed by atoms with E-state index in [1.165, 1.54) is 0 Å². The standard InChI is InChI=1S/C19H20ClNO2/c20-17-10-8-14(9-11-17)18(22)16-7-4-12-21(13-16)19(23)15-5-2-1-3-6-15/h1-3,5-6,8-11,16,18,22H,4,7,12-13H2/t16?,18-/m0/s1. The molecule has 0 radical (unpaired) electrons. The minimum absolute atomic E-state index is 0.0404. The maximum atomic E-state index is 12.6. The Balaban J connectivity index is 1.70. The van der Waals surface area contributed by atoms with Crippen LogP contribution in [0.4, 0.5) is 0 Å². The van der Waals surface area contributed by atoms with Gasteiger partial charge in [-0.2, -0.15) is 0 Å². The fourth-order valence-electron chi connectivity index (χ4n) is 3.15. The van der Waals surface area contributed by atoms with Crippen molar-refractivity contribution in [3.63, 3.8) is 0 Å². The number of piperidine rings is 1. The molecule has 1 saturated heterocycles. The Morgan fingerprint density at radius 3 is 2.52 bits per heavy atom. The van der Waals surface area contributed by atoms with Gasteiger partial charge in [-0.3, -0.25) is 4.79 Å². The molecule has 1 N–H and O–H groups in total. The van der Waals surface area contributed by atoms with Crippen molar-refractivity contribution in [2.24, 2.45) is 5.92 Å². The highest BCUT2D eigenvalue weighted by atomic mass is 35.5. The van der Waals surface area contributed by atoms with Crippen LogP contribution in [0.15, 0.2) is 54.6 Å². The zero-order chi connectivity index (χ0) is 16.2. The zero-order valence-electron chi connectivity index (χ0n) is 12.9. The molecule has 3 nitrogen and oxygen atoms in total. The Bertz CT molecular complexity index is 657. The minimum Gasteiger partial charge on any atom is -0.388 e. The van der Waals surface area contributed by atoms with E-state index < -0.39 is 6.10 Å². The molecule has 0 aliphatic carbocycles. The number of hydrogen-bond acceptors (Lipinski definition) is 2. The number of benzene rings is 2. The van der Waals surface area contributed by atoms with Crippen LogP contribution in [-0.4, -0.2) is 29.0 Å². The maximum absolute atomic E-state index is 12.6. The van der Waals surface area contributed by atoms with E-state index in [9.17, 15) is 9.90 Å². The lowest BCUT2D eigenvalue weighted by Gasteiger charge is -2.35. The highest BCUT2D eigenvalue weighted by Crippen LogP contribution is 2.30. The van der Waals surface area contributed by atoms with Gasteiger partial charge in [0.05, 0.1) is 6.10 Å². The molecule has 1 fully saturated rings. The average molecular weight is 330 g/mol. The first-order chi connectivity index (χ1) is 11.1. The van der Waals surface area contributed by atoms with Crippen molar-refractivity contribution in [2.75, 3.05) is 13.1 Å². The van der Waals surface area contributed by atoms with E-state index in [2.05, 4.69) is 0 Å². The molecule has 2 atom stereocenters. The van der Waals surface area contributed by atoms with Gasteiger partial charge in [-0.15, -0.1) is 0 Å². The number of aliphatic hydroxyl groups is 1. The third-order valence-corrected chi connectivity index (χ3v) is 4.68. The van der Waals surface area contributed by atoms with E-state index in [0.29, 0.717) is 17.1 Å². The SMILES string of the molecule is O=C(c1ccccc1)N1CCCC([C@@H](O)c2ccc(Cl)cc2)C1. The van der Waals surface area contributed by atoms with Crippen LogP contribution in [-0.2, 0) is 0 Å². The van der Waals surface area contributed by atoms with E-state index in [1.54, 1.807) is 12.1 Å². The third kappa shape index (κ3) is 3.74. The first-order valence-corrected chi connectivity index (χ1v) is 8.31. The lowest BCUT2D eigenvalue weighted by molar-refractivity contribution is 0.0401. The van der Waals surface area contributed by atoms with E-state index >= 15 is 0 Å². The molecule has 0 aromatic heterocycles. The van der Waals surface area contributed by atoms with Gasteiger partial charge in [-0.25, -0.2) is 0 Å². The van der Waals surface area contributed by atoms with Crippen molar-refractivity contribution in [1.82, 2.24) is 4.90 Å². The second-order valence-electron chi connectivity index (χ2n) is 6.02. The first kappa shape index (κ1) is 16.0. The van der Waals surface area contributed by atoms with Crippen LogP contribution in [0.3, 0.4) is 0 Å². The minimum atomic E-state index is -0.571. The van der Waals surface area contributed by atoms with Crippen LogP contribution < -0.4 is 0 Å². The van der Waals surface area contributed by atoms with Crippen molar-refractivity contribution in [3.05, 3.63) is 70.7 Å². The number of likely N-dealkylation sites (tertiary alicyclic amines) is 1. The smallest absolute Gasteiger partial charge is 0.253 e. The van der Waals surface area contributed by atoms with Crippen molar-refractivity contribution in [2.45, 2.75) is 18.9 Å². The Labute approximate surface area is 141 Å². The van der Waals surface area contributed by atoms with Crippen LogP contribution in [0.25, 0.3) is 0 Å². The largest absolute Gasteiger partial charge is 0.388 e. The van der Waals surface area contributed by atoms with Crippen LogP contribution >= 0.6 is 11.6 Å². The average Bonchev–Trinajstić information content (AvgIpc) is 2.62. The van der Waals surface area contributed by atoms with Gasteiger partial charge in [-0.05, 0) is 42.7 Å². The highest BCUT2D eigenvalue weighted by Gasteiger charge is 2.29. The summed E-state index contributed by atoms with van der Waals surface area (Å²) >= 11 is 5.90. The fourth-order valence-corrected chi connectivity index (χ4v) is 3.27. The molecule has 1 heterocycles. The van der Waals surface area contributed by atoms with Crippen LogP contribution in [0.2, 0.25) is 5.02 Å². The van der Waals surface area contributed by atoms with Crippen molar-refractivity contribution >= 4 is 17.5 Å². The van der Waals surface area contributed by atoms with Crippen molar-refractivity contribution < 1.29 is 9.90 Å². The number of hydrogen-bond donors (Lipinski definition) is 1. The summed E-state index contributed by atoms with van der Waals surface area (Å²) in [6, 6.07) is 16.6. The van der Waals surface area contributed by atoms with E-state index in [0.717, 1.165) is 24.9 Å². The topological polar surface area (TPSA) is 40.5 Å². The summed E-state index contributed by atoms with van der Waals surface area (Å²) in [6.45, 7) is 1.33. The molecule has 2 aromatic rings. The van der Waals surface area contributed by atoms with Gasteiger partial charge in [0, 0.05) is 29.6 Å². The molecule has 1 aliphatic rings. The molecule has 0 saturated carbocycles. The van der Waals surface area contributed by atoms with Crippen LogP contribution in [0.1, 0.15) is 34.9 Å². The number of halogens is 1. The van der Waals surface area contributed by atoms with Crippen molar-refractivity contribution in [3.8, 4) is 0 Å².